The van der Waals surface area contributed by atoms with Crippen molar-refractivity contribution in [3.05, 3.63) is 106 Å². The summed E-state index contributed by atoms with van der Waals surface area (Å²) in [5, 5.41) is 4.48. The molecule has 0 spiro atoms. The maximum Gasteiger partial charge on any atom is 0.0664 e. The summed E-state index contributed by atoms with van der Waals surface area (Å²) >= 11 is 6.11. The second kappa shape index (κ2) is 9.41. The SMILES string of the molecule is CN[C@@](C)(c1ccccc1C)c1ccccc1C[C@@H](C)CCC1(c2ccc(Cl)cc2)CC1. The molecule has 1 saturated carbocycles. The predicted molar refractivity (Wildman–Crippen MR) is 138 cm³/mol. The lowest BCUT2D eigenvalue weighted by atomic mass is 9.78. The van der Waals surface area contributed by atoms with Crippen molar-refractivity contribution in [2.75, 3.05) is 7.05 Å². The van der Waals surface area contributed by atoms with Crippen LogP contribution in [0, 0.1) is 12.8 Å². The Hall–Kier alpha value is -2.09. The fourth-order valence-electron chi connectivity index (χ4n) is 5.37. The van der Waals surface area contributed by atoms with Gasteiger partial charge >= 0.3 is 0 Å². The van der Waals surface area contributed by atoms with Gasteiger partial charge in [-0.05, 0) is 104 Å². The first-order valence-electron chi connectivity index (χ1n) is 12.0. The summed E-state index contributed by atoms with van der Waals surface area (Å²) < 4.78 is 0. The van der Waals surface area contributed by atoms with Gasteiger partial charge in [-0.15, -0.1) is 0 Å². The molecule has 168 valence electrons. The molecule has 3 aromatic carbocycles. The summed E-state index contributed by atoms with van der Waals surface area (Å²) in [4.78, 5) is 0. The highest BCUT2D eigenvalue weighted by Crippen LogP contribution is 2.52. The van der Waals surface area contributed by atoms with Crippen LogP contribution in [0.15, 0.2) is 72.8 Å². The molecule has 4 rings (SSSR count). The molecule has 2 atom stereocenters. The van der Waals surface area contributed by atoms with Crippen LogP contribution in [0.1, 0.15) is 67.3 Å². The Morgan fingerprint density at radius 1 is 0.938 bits per heavy atom. The Balaban J connectivity index is 1.51. The van der Waals surface area contributed by atoms with Crippen LogP contribution in [0.25, 0.3) is 0 Å². The molecule has 1 nitrogen and oxygen atoms in total. The molecule has 0 bridgehead atoms. The van der Waals surface area contributed by atoms with Gasteiger partial charge in [0.05, 0.1) is 5.54 Å². The molecule has 0 radical (unpaired) electrons. The number of rotatable bonds is 9. The maximum atomic E-state index is 6.11. The topological polar surface area (TPSA) is 12.0 Å². The lowest BCUT2D eigenvalue weighted by Crippen LogP contribution is -2.39. The second-order valence-corrected chi connectivity index (χ2v) is 10.4. The van der Waals surface area contributed by atoms with E-state index in [2.05, 4.69) is 93.8 Å². The minimum atomic E-state index is -0.206. The van der Waals surface area contributed by atoms with Crippen molar-refractivity contribution in [3.63, 3.8) is 0 Å². The van der Waals surface area contributed by atoms with E-state index >= 15 is 0 Å². The van der Waals surface area contributed by atoms with Crippen LogP contribution in [0.2, 0.25) is 5.02 Å². The molecule has 1 aliphatic carbocycles. The van der Waals surface area contributed by atoms with Gasteiger partial charge in [0.25, 0.3) is 0 Å². The van der Waals surface area contributed by atoms with E-state index in [9.17, 15) is 0 Å². The van der Waals surface area contributed by atoms with Crippen LogP contribution < -0.4 is 5.32 Å². The van der Waals surface area contributed by atoms with Crippen LogP contribution in [-0.4, -0.2) is 7.05 Å². The molecule has 0 aliphatic heterocycles. The molecule has 3 aromatic rings. The van der Waals surface area contributed by atoms with Crippen LogP contribution in [-0.2, 0) is 17.4 Å². The molecule has 2 heteroatoms. The van der Waals surface area contributed by atoms with Gasteiger partial charge in [0.15, 0.2) is 0 Å². The first kappa shape index (κ1) is 23.1. The predicted octanol–water partition coefficient (Wildman–Crippen LogP) is 7.82. The summed E-state index contributed by atoms with van der Waals surface area (Å²) in [6, 6.07) is 26.3. The standard InChI is InChI=1S/C30H36ClN/c1-22(17-18-30(19-20-30)25-13-15-26(31)16-14-25)21-24-10-6-8-12-28(24)29(3,32-4)27-11-7-5-9-23(27)2/h5-16,22,32H,17-21H2,1-4H3/t22-,29-/m0/s1. The van der Waals surface area contributed by atoms with E-state index in [1.807, 2.05) is 12.1 Å². The highest BCUT2D eigenvalue weighted by molar-refractivity contribution is 6.30. The zero-order chi connectivity index (χ0) is 22.8. The molecule has 32 heavy (non-hydrogen) atoms. The van der Waals surface area contributed by atoms with Crippen LogP contribution in [0.4, 0.5) is 0 Å². The number of nitrogens with one attached hydrogen (secondary N) is 1. The van der Waals surface area contributed by atoms with Crippen molar-refractivity contribution in [1.29, 1.82) is 0 Å². The Morgan fingerprint density at radius 3 is 2.19 bits per heavy atom. The lowest BCUT2D eigenvalue weighted by Gasteiger charge is -2.34. The van der Waals surface area contributed by atoms with E-state index < -0.39 is 0 Å². The van der Waals surface area contributed by atoms with E-state index in [-0.39, 0.29) is 5.54 Å². The summed E-state index contributed by atoms with van der Waals surface area (Å²) in [5.74, 6) is 0.638. The van der Waals surface area contributed by atoms with Gasteiger partial charge in [0, 0.05) is 5.02 Å². The molecular weight excluding hydrogens is 410 g/mol. The number of aryl methyl sites for hydroxylation is 1. The molecule has 0 unspecified atom stereocenters. The molecule has 0 amide bonds. The largest absolute Gasteiger partial charge is 0.307 e. The minimum absolute atomic E-state index is 0.206. The quantitative estimate of drug-likeness (QED) is 0.354. The zero-order valence-electron chi connectivity index (χ0n) is 19.9. The third-order valence-corrected chi connectivity index (χ3v) is 7.99. The summed E-state index contributed by atoms with van der Waals surface area (Å²) in [6.45, 7) is 6.94. The number of benzene rings is 3. The number of hydrogen-bond donors (Lipinski definition) is 1. The highest BCUT2D eigenvalue weighted by atomic mass is 35.5. The fourth-order valence-corrected chi connectivity index (χ4v) is 5.50. The Morgan fingerprint density at radius 2 is 1.56 bits per heavy atom. The number of halogens is 1. The van der Waals surface area contributed by atoms with E-state index in [1.165, 1.54) is 53.5 Å². The number of hydrogen-bond acceptors (Lipinski definition) is 1. The van der Waals surface area contributed by atoms with Crippen molar-refractivity contribution in [3.8, 4) is 0 Å². The van der Waals surface area contributed by atoms with E-state index in [1.54, 1.807) is 0 Å². The molecule has 1 N–H and O–H groups in total. The van der Waals surface area contributed by atoms with Gasteiger partial charge in [-0.3, -0.25) is 0 Å². The fraction of sp³-hybridized carbons (Fsp3) is 0.400. The summed E-state index contributed by atoms with van der Waals surface area (Å²) in [6.07, 6.45) is 6.23. The normalized spacial score (nSPS) is 17.5. The van der Waals surface area contributed by atoms with Crippen LogP contribution in [0.5, 0.6) is 0 Å². The zero-order valence-corrected chi connectivity index (χ0v) is 20.7. The van der Waals surface area contributed by atoms with Crippen molar-refractivity contribution in [2.45, 2.75) is 63.8 Å². The van der Waals surface area contributed by atoms with Crippen LogP contribution >= 0.6 is 11.6 Å². The molecular formula is C30H36ClN. The van der Waals surface area contributed by atoms with Gasteiger partial charge in [0.1, 0.15) is 0 Å². The van der Waals surface area contributed by atoms with Crippen molar-refractivity contribution < 1.29 is 0 Å². The molecule has 0 aromatic heterocycles. The van der Waals surface area contributed by atoms with E-state index in [0.717, 1.165) is 11.4 Å². The van der Waals surface area contributed by atoms with Gasteiger partial charge in [0.2, 0.25) is 0 Å². The summed E-state index contributed by atoms with van der Waals surface area (Å²) in [5.41, 5.74) is 7.17. The Bertz CT molecular complexity index is 1050. The van der Waals surface area contributed by atoms with Crippen molar-refractivity contribution in [2.24, 2.45) is 5.92 Å². The summed E-state index contributed by atoms with van der Waals surface area (Å²) in [7, 11) is 2.08. The molecule has 1 fully saturated rings. The van der Waals surface area contributed by atoms with Crippen molar-refractivity contribution in [1.82, 2.24) is 5.32 Å². The lowest BCUT2D eigenvalue weighted by molar-refractivity contribution is 0.444. The maximum absolute atomic E-state index is 6.11. The monoisotopic (exact) mass is 445 g/mol. The Labute approximate surface area is 199 Å². The Kier molecular flexibility index (Phi) is 6.79. The average Bonchev–Trinajstić information content (AvgIpc) is 3.59. The third-order valence-electron chi connectivity index (χ3n) is 7.73. The van der Waals surface area contributed by atoms with Gasteiger partial charge in [-0.2, -0.15) is 0 Å². The van der Waals surface area contributed by atoms with Gasteiger partial charge in [-0.25, -0.2) is 0 Å². The first-order chi connectivity index (χ1) is 15.4. The van der Waals surface area contributed by atoms with E-state index in [0.29, 0.717) is 11.3 Å². The molecule has 0 saturated heterocycles. The van der Waals surface area contributed by atoms with Crippen LogP contribution in [0.3, 0.4) is 0 Å². The van der Waals surface area contributed by atoms with E-state index in [4.69, 9.17) is 11.6 Å². The minimum Gasteiger partial charge on any atom is -0.307 e. The second-order valence-electron chi connectivity index (χ2n) is 9.98. The van der Waals surface area contributed by atoms with Gasteiger partial charge in [-0.1, -0.05) is 79.2 Å². The van der Waals surface area contributed by atoms with Gasteiger partial charge < -0.3 is 5.32 Å². The molecule has 1 aliphatic rings. The first-order valence-corrected chi connectivity index (χ1v) is 12.4. The van der Waals surface area contributed by atoms with Crippen molar-refractivity contribution >= 4 is 11.6 Å². The smallest absolute Gasteiger partial charge is 0.0664 e. The average molecular weight is 446 g/mol. The third kappa shape index (κ3) is 4.65. The molecule has 0 heterocycles. The highest BCUT2D eigenvalue weighted by Gasteiger charge is 2.43.